The fourth-order valence-electron chi connectivity index (χ4n) is 2.38. The molecule has 0 aliphatic carbocycles. The summed E-state index contributed by atoms with van der Waals surface area (Å²) in [5.74, 6) is -0.407. The van der Waals surface area contributed by atoms with Crippen molar-refractivity contribution in [2.75, 3.05) is 12.4 Å². The Morgan fingerprint density at radius 3 is 2.43 bits per heavy atom. The number of benzene rings is 2. The normalized spacial score (nSPS) is 11.6. The third-order valence-electron chi connectivity index (χ3n) is 3.50. The molecular weight excluding hydrogens is 446 g/mol. The highest BCUT2D eigenvalue weighted by atomic mass is 79.9. The summed E-state index contributed by atoms with van der Waals surface area (Å²) in [7, 11) is -2.49. The number of anilines is 1. The van der Waals surface area contributed by atoms with Gasteiger partial charge in [0.05, 0.1) is 12.7 Å². The maximum Gasteiger partial charge on any atom is 0.255 e. The van der Waals surface area contributed by atoms with Gasteiger partial charge in [0.1, 0.15) is 16.7 Å². The molecule has 0 aliphatic heterocycles. The van der Waals surface area contributed by atoms with E-state index in [4.69, 9.17) is 10.00 Å². The minimum Gasteiger partial charge on any atom is -0.495 e. The van der Waals surface area contributed by atoms with Gasteiger partial charge in [0.2, 0.25) is 10.0 Å². The number of carbonyl (C=O) groups excluding carboxylic acids is 1. The van der Waals surface area contributed by atoms with E-state index >= 15 is 0 Å². The summed E-state index contributed by atoms with van der Waals surface area (Å²) in [6.45, 7) is 5.19. The molecular formula is C19H20BrN3O4S. The zero-order chi connectivity index (χ0) is 21.1. The van der Waals surface area contributed by atoms with Gasteiger partial charge in [-0.3, -0.25) is 4.79 Å². The Kier molecular flexibility index (Phi) is 6.49. The van der Waals surface area contributed by atoms with Gasteiger partial charge >= 0.3 is 0 Å². The summed E-state index contributed by atoms with van der Waals surface area (Å²) < 4.78 is 33.5. The number of sulfonamides is 1. The van der Waals surface area contributed by atoms with Crippen LogP contribution < -0.4 is 14.8 Å². The number of nitrogens with zero attached hydrogens (tertiary/aromatic N) is 1. The molecule has 0 unspecified atom stereocenters. The summed E-state index contributed by atoms with van der Waals surface area (Å²) in [5, 5.41) is 11.8. The Balaban J connectivity index is 2.33. The Morgan fingerprint density at radius 1 is 1.18 bits per heavy atom. The lowest BCUT2D eigenvalue weighted by atomic mass is 10.1. The zero-order valence-electron chi connectivity index (χ0n) is 15.8. The van der Waals surface area contributed by atoms with Gasteiger partial charge in [-0.2, -0.15) is 5.26 Å². The zero-order valence-corrected chi connectivity index (χ0v) is 18.2. The molecule has 28 heavy (non-hydrogen) atoms. The molecule has 0 aliphatic rings. The lowest BCUT2D eigenvalue weighted by molar-refractivity contribution is 0.102. The highest BCUT2D eigenvalue weighted by molar-refractivity contribution is 9.10. The van der Waals surface area contributed by atoms with E-state index in [0.717, 1.165) is 0 Å². The molecule has 0 aromatic heterocycles. The first-order valence-corrected chi connectivity index (χ1v) is 10.5. The van der Waals surface area contributed by atoms with Crippen molar-refractivity contribution in [3.05, 3.63) is 52.0 Å². The second-order valence-electron chi connectivity index (χ2n) is 6.98. The van der Waals surface area contributed by atoms with Crippen molar-refractivity contribution in [1.29, 1.82) is 5.26 Å². The largest absolute Gasteiger partial charge is 0.495 e. The molecule has 1 amide bonds. The second kappa shape index (κ2) is 8.31. The monoisotopic (exact) mass is 465 g/mol. The predicted octanol–water partition coefficient (Wildman–Crippen LogP) is 3.66. The van der Waals surface area contributed by atoms with Crippen LogP contribution in [0.5, 0.6) is 5.75 Å². The van der Waals surface area contributed by atoms with Gasteiger partial charge in [0, 0.05) is 21.3 Å². The molecule has 0 bridgehead atoms. The average Bonchev–Trinajstić information content (AvgIpc) is 2.60. The summed E-state index contributed by atoms with van der Waals surface area (Å²) in [5.41, 5.74) is 0.368. The highest BCUT2D eigenvalue weighted by Crippen LogP contribution is 2.27. The predicted molar refractivity (Wildman–Crippen MR) is 110 cm³/mol. The van der Waals surface area contributed by atoms with E-state index in [0.29, 0.717) is 15.7 Å². The number of nitrogens with one attached hydrogen (secondary N) is 2. The molecule has 148 valence electrons. The number of ether oxygens (including phenoxy) is 1. The van der Waals surface area contributed by atoms with Crippen LogP contribution >= 0.6 is 15.9 Å². The standard InChI is InChI=1S/C19H20BrN3O4S/c1-19(2,3)23-28(25,26)17-8-5-12(10-16(17)27-4)18(24)22-14-6-7-15(20)13(9-14)11-21/h5-10,23H,1-4H3,(H,22,24). The number of rotatable bonds is 5. The number of hydrogen-bond donors (Lipinski definition) is 2. The van der Waals surface area contributed by atoms with E-state index in [9.17, 15) is 13.2 Å². The van der Waals surface area contributed by atoms with Crippen LogP contribution in [0.2, 0.25) is 0 Å². The topological polar surface area (TPSA) is 108 Å². The smallest absolute Gasteiger partial charge is 0.255 e. The van der Waals surface area contributed by atoms with Crippen LogP contribution in [0.3, 0.4) is 0 Å². The molecule has 0 saturated carbocycles. The highest BCUT2D eigenvalue weighted by Gasteiger charge is 2.26. The summed E-state index contributed by atoms with van der Waals surface area (Å²) in [6.07, 6.45) is 0. The van der Waals surface area contributed by atoms with Gasteiger partial charge < -0.3 is 10.1 Å². The van der Waals surface area contributed by atoms with Crippen LogP contribution in [0.4, 0.5) is 5.69 Å². The minimum absolute atomic E-state index is 0.0536. The van der Waals surface area contributed by atoms with Crippen LogP contribution in [0.15, 0.2) is 45.8 Å². The number of amides is 1. The maximum absolute atomic E-state index is 12.6. The molecule has 9 heteroatoms. The third-order valence-corrected chi connectivity index (χ3v) is 5.99. The van der Waals surface area contributed by atoms with Gasteiger partial charge in [-0.1, -0.05) is 0 Å². The van der Waals surface area contributed by atoms with Crippen molar-refractivity contribution in [3.63, 3.8) is 0 Å². The molecule has 0 fully saturated rings. The van der Waals surface area contributed by atoms with Crippen LogP contribution in [0.1, 0.15) is 36.7 Å². The van der Waals surface area contributed by atoms with E-state index in [-0.39, 0.29) is 16.2 Å². The fourth-order valence-corrected chi connectivity index (χ4v) is 4.29. The van der Waals surface area contributed by atoms with E-state index in [1.165, 1.54) is 31.4 Å². The quantitative estimate of drug-likeness (QED) is 0.699. The van der Waals surface area contributed by atoms with Crippen LogP contribution in [-0.4, -0.2) is 27.0 Å². The molecule has 2 aromatic carbocycles. The van der Waals surface area contributed by atoms with E-state index in [2.05, 4.69) is 26.0 Å². The first kappa shape index (κ1) is 21.9. The summed E-state index contributed by atoms with van der Waals surface area (Å²) in [4.78, 5) is 12.5. The number of carbonyl (C=O) groups is 1. The molecule has 2 aromatic rings. The van der Waals surface area contributed by atoms with Gasteiger partial charge in [-0.15, -0.1) is 0 Å². The van der Waals surface area contributed by atoms with Crippen molar-refractivity contribution in [1.82, 2.24) is 4.72 Å². The molecule has 0 saturated heterocycles. The van der Waals surface area contributed by atoms with Gasteiger partial charge in [-0.05, 0) is 73.1 Å². The lowest BCUT2D eigenvalue weighted by Gasteiger charge is -2.21. The first-order valence-electron chi connectivity index (χ1n) is 8.20. The second-order valence-corrected chi connectivity index (χ2v) is 9.49. The maximum atomic E-state index is 12.6. The summed E-state index contributed by atoms with van der Waals surface area (Å²) >= 11 is 3.25. The molecule has 0 spiro atoms. The van der Waals surface area contributed by atoms with Crippen molar-refractivity contribution in [2.24, 2.45) is 0 Å². The number of halogens is 1. The van der Waals surface area contributed by atoms with Gasteiger partial charge in [-0.25, -0.2) is 13.1 Å². The van der Waals surface area contributed by atoms with Gasteiger partial charge in [0.15, 0.2) is 0 Å². The van der Waals surface area contributed by atoms with Crippen molar-refractivity contribution in [2.45, 2.75) is 31.2 Å². The Bertz CT molecular complexity index is 1050. The third kappa shape index (κ3) is 5.32. The average molecular weight is 466 g/mol. The van der Waals surface area contributed by atoms with E-state index < -0.39 is 21.5 Å². The molecule has 2 N–H and O–H groups in total. The van der Waals surface area contributed by atoms with E-state index in [1.54, 1.807) is 32.9 Å². The minimum atomic E-state index is -3.82. The van der Waals surface area contributed by atoms with Crippen molar-refractivity contribution in [3.8, 4) is 11.8 Å². The first-order chi connectivity index (χ1) is 13.0. The number of hydrogen-bond acceptors (Lipinski definition) is 5. The number of methoxy groups -OCH3 is 1. The fraction of sp³-hybridized carbons (Fsp3) is 0.263. The Morgan fingerprint density at radius 2 is 1.86 bits per heavy atom. The molecule has 2 rings (SSSR count). The van der Waals surface area contributed by atoms with E-state index in [1.807, 2.05) is 6.07 Å². The molecule has 0 heterocycles. The molecule has 7 nitrogen and oxygen atoms in total. The van der Waals surface area contributed by atoms with Crippen LogP contribution in [0.25, 0.3) is 0 Å². The van der Waals surface area contributed by atoms with Crippen LogP contribution in [0, 0.1) is 11.3 Å². The van der Waals surface area contributed by atoms with Crippen LogP contribution in [-0.2, 0) is 10.0 Å². The van der Waals surface area contributed by atoms with Crippen molar-refractivity contribution < 1.29 is 17.9 Å². The lowest BCUT2D eigenvalue weighted by Crippen LogP contribution is -2.40. The Labute approximate surface area is 172 Å². The molecule has 0 radical (unpaired) electrons. The Hall–Kier alpha value is -2.41. The SMILES string of the molecule is COc1cc(C(=O)Nc2ccc(Br)c(C#N)c2)ccc1S(=O)(=O)NC(C)(C)C. The van der Waals surface area contributed by atoms with Crippen molar-refractivity contribution >= 4 is 37.5 Å². The van der Waals surface area contributed by atoms with Gasteiger partial charge in [0.25, 0.3) is 5.91 Å². The summed E-state index contributed by atoms with van der Waals surface area (Å²) in [6, 6.07) is 10.9. The number of nitriles is 1. The molecule has 0 atom stereocenters.